The number of fused-ring (bicyclic) bond motifs is 1. The first-order valence-corrected chi connectivity index (χ1v) is 7.79. The van der Waals surface area contributed by atoms with Gasteiger partial charge in [-0.25, -0.2) is 0 Å². The summed E-state index contributed by atoms with van der Waals surface area (Å²) in [4.78, 5) is 12.3. The number of nitrogens with one attached hydrogen (secondary N) is 1. The van der Waals surface area contributed by atoms with E-state index in [1.807, 2.05) is 30.3 Å². The zero-order valence-corrected chi connectivity index (χ0v) is 13.1. The third-order valence-electron chi connectivity index (χ3n) is 3.94. The molecule has 1 heterocycles. The predicted molar refractivity (Wildman–Crippen MR) is 87.4 cm³/mol. The van der Waals surface area contributed by atoms with Gasteiger partial charge in [-0.2, -0.15) is 0 Å². The fourth-order valence-electron chi connectivity index (χ4n) is 2.63. The lowest BCUT2D eigenvalue weighted by atomic mass is 10.0. The number of amides is 1. The van der Waals surface area contributed by atoms with Gasteiger partial charge in [0.05, 0.1) is 0 Å². The molecule has 3 rings (SSSR count). The number of ether oxygens (including phenoxy) is 1. The van der Waals surface area contributed by atoms with E-state index in [2.05, 4.69) is 24.4 Å². The van der Waals surface area contributed by atoms with Crippen molar-refractivity contribution in [2.75, 3.05) is 6.54 Å². The maximum atomic E-state index is 12.3. The number of hydrogen-bond donors (Lipinski definition) is 1. The van der Waals surface area contributed by atoms with Gasteiger partial charge >= 0.3 is 0 Å². The summed E-state index contributed by atoms with van der Waals surface area (Å²) < 4.78 is 5.69. The van der Waals surface area contributed by atoms with Gasteiger partial charge in [0.25, 0.3) is 5.91 Å². The molecule has 0 spiro atoms. The topological polar surface area (TPSA) is 38.3 Å². The van der Waals surface area contributed by atoms with Gasteiger partial charge in [0.1, 0.15) is 5.75 Å². The molecule has 0 aromatic heterocycles. The van der Waals surface area contributed by atoms with Crippen LogP contribution in [-0.2, 0) is 11.2 Å². The highest BCUT2D eigenvalue weighted by Crippen LogP contribution is 2.31. The molecular formula is C18H18ClNO2. The van der Waals surface area contributed by atoms with E-state index in [0.717, 1.165) is 11.3 Å². The van der Waals surface area contributed by atoms with Crippen molar-refractivity contribution in [1.82, 2.24) is 5.32 Å². The van der Waals surface area contributed by atoms with Crippen molar-refractivity contribution in [2.24, 2.45) is 0 Å². The van der Waals surface area contributed by atoms with Crippen molar-refractivity contribution in [3.63, 3.8) is 0 Å². The van der Waals surface area contributed by atoms with Crippen molar-refractivity contribution in [3.05, 3.63) is 64.7 Å². The van der Waals surface area contributed by atoms with Crippen LogP contribution in [0, 0.1) is 0 Å². The lowest BCUT2D eigenvalue weighted by Gasteiger charge is -2.15. The Kier molecular flexibility index (Phi) is 4.34. The third-order valence-corrected chi connectivity index (χ3v) is 4.18. The molecule has 1 aliphatic heterocycles. The molecular weight excluding hydrogens is 298 g/mol. The molecule has 1 amide bonds. The lowest BCUT2D eigenvalue weighted by Crippen LogP contribution is -2.39. The molecule has 1 aliphatic rings. The first kappa shape index (κ1) is 14.9. The van der Waals surface area contributed by atoms with Gasteiger partial charge in [0, 0.05) is 18.0 Å². The molecule has 114 valence electrons. The highest BCUT2D eigenvalue weighted by Gasteiger charge is 2.29. The van der Waals surface area contributed by atoms with Crippen molar-refractivity contribution in [2.45, 2.75) is 25.4 Å². The number of rotatable bonds is 4. The Hall–Kier alpha value is -2.00. The van der Waals surface area contributed by atoms with E-state index >= 15 is 0 Å². The van der Waals surface area contributed by atoms with Gasteiger partial charge in [0.15, 0.2) is 6.10 Å². The second-order valence-corrected chi connectivity index (χ2v) is 6.06. The third kappa shape index (κ3) is 3.25. The largest absolute Gasteiger partial charge is 0.480 e. The van der Waals surface area contributed by atoms with E-state index in [4.69, 9.17) is 16.3 Å². The number of benzene rings is 2. The molecule has 22 heavy (non-hydrogen) atoms. The lowest BCUT2D eigenvalue weighted by molar-refractivity contribution is -0.127. The summed E-state index contributed by atoms with van der Waals surface area (Å²) >= 11 is 5.97. The quantitative estimate of drug-likeness (QED) is 0.937. The summed E-state index contributed by atoms with van der Waals surface area (Å²) in [5.74, 6) is 0.944. The highest BCUT2D eigenvalue weighted by molar-refractivity contribution is 6.30. The number of carbonyl (C=O) groups excluding carboxylic acids is 1. The van der Waals surface area contributed by atoms with Crippen LogP contribution in [-0.4, -0.2) is 18.6 Å². The molecule has 3 nitrogen and oxygen atoms in total. The highest BCUT2D eigenvalue weighted by atomic mass is 35.5. The summed E-state index contributed by atoms with van der Waals surface area (Å²) in [7, 11) is 0. The van der Waals surface area contributed by atoms with Crippen LogP contribution in [0.4, 0.5) is 0 Å². The van der Waals surface area contributed by atoms with Gasteiger partial charge in [-0.1, -0.05) is 48.9 Å². The Morgan fingerprint density at radius 1 is 1.32 bits per heavy atom. The molecule has 0 unspecified atom stereocenters. The van der Waals surface area contributed by atoms with E-state index in [1.54, 1.807) is 6.07 Å². The van der Waals surface area contributed by atoms with Crippen LogP contribution in [0.2, 0.25) is 5.02 Å². The van der Waals surface area contributed by atoms with Gasteiger partial charge in [0.2, 0.25) is 0 Å². The zero-order chi connectivity index (χ0) is 15.5. The number of halogens is 1. The fraction of sp³-hybridized carbons (Fsp3) is 0.278. The van der Waals surface area contributed by atoms with Crippen LogP contribution in [0.1, 0.15) is 24.0 Å². The smallest absolute Gasteiger partial charge is 0.261 e. The molecule has 0 radical (unpaired) electrons. The van der Waals surface area contributed by atoms with Crippen LogP contribution in [0.5, 0.6) is 5.75 Å². The van der Waals surface area contributed by atoms with E-state index in [9.17, 15) is 4.79 Å². The van der Waals surface area contributed by atoms with E-state index in [0.29, 0.717) is 18.0 Å². The Labute approximate surface area is 135 Å². The minimum atomic E-state index is -0.462. The summed E-state index contributed by atoms with van der Waals surface area (Å²) in [6.45, 7) is 2.69. The molecule has 4 heteroatoms. The molecule has 0 saturated heterocycles. The number of hydrogen-bond acceptors (Lipinski definition) is 2. The second-order valence-electron chi connectivity index (χ2n) is 5.62. The molecule has 0 bridgehead atoms. The molecule has 0 saturated carbocycles. The fourth-order valence-corrected chi connectivity index (χ4v) is 2.83. The summed E-state index contributed by atoms with van der Waals surface area (Å²) in [6.07, 6.45) is 0.109. The second kappa shape index (κ2) is 6.41. The van der Waals surface area contributed by atoms with E-state index in [-0.39, 0.29) is 11.8 Å². The predicted octanol–water partition coefficient (Wildman–Crippen LogP) is 3.56. The summed E-state index contributed by atoms with van der Waals surface area (Å²) in [5, 5.41) is 3.64. The zero-order valence-electron chi connectivity index (χ0n) is 12.4. The van der Waals surface area contributed by atoms with Crippen LogP contribution in [0.3, 0.4) is 0 Å². The Balaban J connectivity index is 1.56. The van der Waals surface area contributed by atoms with Crippen molar-refractivity contribution < 1.29 is 9.53 Å². The van der Waals surface area contributed by atoms with Gasteiger partial charge in [-0.15, -0.1) is 0 Å². The molecule has 1 N–H and O–H groups in total. The normalized spacial score (nSPS) is 17.5. The first-order valence-electron chi connectivity index (χ1n) is 7.41. The molecule has 2 aromatic rings. The van der Waals surface area contributed by atoms with Crippen molar-refractivity contribution in [3.8, 4) is 5.75 Å². The molecule has 0 aliphatic carbocycles. The Morgan fingerprint density at radius 3 is 2.86 bits per heavy atom. The average Bonchev–Trinajstić information content (AvgIpc) is 2.96. The molecule has 2 atom stereocenters. The Bertz CT molecular complexity index is 672. The van der Waals surface area contributed by atoms with Crippen LogP contribution in [0.25, 0.3) is 0 Å². The first-order chi connectivity index (χ1) is 10.6. The van der Waals surface area contributed by atoms with E-state index < -0.39 is 6.10 Å². The minimum Gasteiger partial charge on any atom is -0.480 e. The number of carbonyl (C=O) groups is 1. The SMILES string of the molecule is C[C@@H](CNC(=O)[C@H]1Cc2cc(Cl)ccc2O1)c1ccccc1. The van der Waals surface area contributed by atoms with Crippen LogP contribution in [0.15, 0.2) is 48.5 Å². The minimum absolute atomic E-state index is 0.0740. The standard InChI is InChI=1S/C18H18ClNO2/c1-12(13-5-3-2-4-6-13)11-20-18(21)17-10-14-9-15(19)7-8-16(14)22-17/h2-9,12,17H,10-11H2,1H3,(H,20,21)/t12-,17+/m0/s1. The van der Waals surface area contributed by atoms with Gasteiger partial charge in [-0.3, -0.25) is 4.79 Å². The molecule has 2 aromatic carbocycles. The maximum Gasteiger partial charge on any atom is 0.261 e. The molecule has 0 fully saturated rings. The van der Waals surface area contributed by atoms with Crippen molar-refractivity contribution >= 4 is 17.5 Å². The van der Waals surface area contributed by atoms with Crippen LogP contribution >= 0.6 is 11.6 Å². The Morgan fingerprint density at radius 2 is 2.09 bits per heavy atom. The van der Waals surface area contributed by atoms with Crippen LogP contribution < -0.4 is 10.1 Å². The summed E-state index contributed by atoms with van der Waals surface area (Å²) in [5.41, 5.74) is 2.20. The maximum absolute atomic E-state index is 12.3. The van der Waals surface area contributed by atoms with E-state index in [1.165, 1.54) is 5.56 Å². The van der Waals surface area contributed by atoms with Gasteiger partial charge in [-0.05, 0) is 35.2 Å². The van der Waals surface area contributed by atoms with Gasteiger partial charge < -0.3 is 10.1 Å². The average molecular weight is 316 g/mol. The van der Waals surface area contributed by atoms with Crippen molar-refractivity contribution in [1.29, 1.82) is 0 Å². The monoisotopic (exact) mass is 315 g/mol. The summed E-state index contributed by atoms with van der Waals surface area (Å²) in [6, 6.07) is 15.6.